The van der Waals surface area contributed by atoms with Crippen molar-refractivity contribution >= 4 is 11.9 Å². The van der Waals surface area contributed by atoms with Crippen LogP contribution < -0.4 is 0 Å². The van der Waals surface area contributed by atoms with Crippen LogP contribution in [0.2, 0.25) is 0 Å². The third kappa shape index (κ3) is 12.6. The third-order valence-corrected chi connectivity index (χ3v) is 9.20. The SMILES string of the molecule is C=C(C)C(=O)OCC(CCC1CCC(C2CCC(CCCCC)CC2)CC1)COC(=O)CCC(CO)CO. The minimum atomic E-state index is -0.407. The quantitative estimate of drug-likeness (QED) is 0.116. The zero-order valence-corrected chi connectivity index (χ0v) is 24.3. The Hall–Kier alpha value is -1.40. The molecular formula is C32H56O6. The summed E-state index contributed by atoms with van der Waals surface area (Å²) >= 11 is 0. The highest BCUT2D eigenvalue weighted by molar-refractivity contribution is 5.86. The highest BCUT2D eigenvalue weighted by Gasteiger charge is 2.31. The Kier molecular flexibility index (Phi) is 16.2. The van der Waals surface area contributed by atoms with Crippen molar-refractivity contribution in [2.45, 2.75) is 117 Å². The second-order valence-electron chi connectivity index (χ2n) is 12.3. The lowest BCUT2D eigenvalue weighted by Gasteiger charge is -2.38. The van der Waals surface area contributed by atoms with Crippen molar-refractivity contribution in [3.05, 3.63) is 12.2 Å². The van der Waals surface area contributed by atoms with Gasteiger partial charge < -0.3 is 19.7 Å². The summed E-state index contributed by atoms with van der Waals surface area (Å²) < 4.78 is 10.9. The van der Waals surface area contributed by atoms with Gasteiger partial charge in [-0.05, 0) is 75.5 Å². The summed E-state index contributed by atoms with van der Waals surface area (Å²) in [5.41, 5.74) is 0.369. The number of unbranched alkanes of at least 4 members (excludes halogenated alkanes) is 2. The molecule has 6 heteroatoms. The first-order valence-corrected chi connectivity index (χ1v) is 15.6. The molecule has 220 valence electrons. The molecule has 0 spiro atoms. The van der Waals surface area contributed by atoms with E-state index in [0.717, 1.165) is 30.6 Å². The third-order valence-electron chi connectivity index (χ3n) is 9.20. The lowest BCUT2D eigenvalue weighted by Crippen LogP contribution is -2.27. The van der Waals surface area contributed by atoms with Crippen LogP contribution >= 0.6 is 0 Å². The van der Waals surface area contributed by atoms with E-state index in [4.69, 9.17) is 9.47 Å². The molecule has 2 rings (SSSR count). The smallest absolute Gasteiger partial charge is 0.333 e. The minimum Gasteiger partial charge on any atom is -0.465 e. The van der Waals surface area contributed by atoms with Crippen LogP contribution in [-0.4, -0.2) is 48.6 Å². The number of rotatable bonds is 18. The average Bonchev–Trinajstić information content (AvgIpc) is 2.93. The Morgan fingerprint density at radius 1 is 0.789 bits per heavy atom. The van der Waals surface area contributed by atoms with Crippen LogP contribution in [0, 0.1) is 35.5 Å². The average molecular weight is 537 g/mol. The molecule has 0 aromatic carbocycles. The normalized spacial score (nSPS) is 24.7. The molecule has 2 aliphatic rings. The van der Waals surface area contributed by atoms with Crippen molar-refractivity contribution in [3.8, 4) is 0 Å². The van der Waals surface area contributed by atoms with E-state index < -0.39 is 5.97 Å². The molecule has 0 heterocycles. The lowest BCUT2D eigenvalue weighted by atomic mass is 9.68. The largest absolute Gasteiger partial charge is 0.465 e. The molecule has 0 aromatic rings. The van der Waals surface area contributed by atoms with E-state index >= 15 is 0 Å². The molecule has 1 atom stereocenters. The fraction of sp³-hybridized carbons (Fsp3) is 0.875. The van der Waals surface area contributed by atoms with Crippen LogP contribution in [0.1, 0.15) is 117 Å². The molecule has 1 unspecified atom stereocenters. The molecule has 0 bridgehead atoms. The predicted molar refractivity (Wildman–Crippen MR) is 151 cm³/mol. The molecule has 38 heavy (non-hydrogen) atoms. The van der Waals surface area contributed by atoms with Gasteiger partial charge in [0.2, 0.25) is 0 Å². The Labute approximate surface area is 231 Å². The maximum atomic E-state index is 12.2. The van der Waals surface area contributed by atoms with Crippen LogP contribution in [0.3, 0.4) is 0 Å². The Morgan fingerprint density at radius 2 is 1.34 bits per heavy atom. The Balaban J connectivity index is 1.72. The van der Waals surface area contributed by atoms with Crippen molar-refractivity contribution in [3.63, 3.8) is 0 Å². The predicted octanol–water partition coefficient (Wildman–Crippen LogP) is 6.62. The van der Waals surface area contributed by atoms with Crippen LogP contribution in [0.25, 0.3) is 0 Å². The van der Waals surface area contributed by atoms with Crippen LogP contribution in [0.4, 0.5) is 0 Å². The van der Waals surface area contributed by atoms with Crippen LogP contribution in [0.15, 0.2) is 12.2 Å². The van der Waals surface area contributed by atoms with Gasteiger partial charge in [0.1, 0.15) is 0 Å². The zero-order chi connectivity index (χ0) is 27.8. The summed E-state index contributed by atoms with van der Waals surface area (Å²) in [6, 6.07) is 0. The zero-order valence-electron chi connectivity index (χ0n) is 24.3. The fourth-order valence-electron chi connectivity index (χ4n) is 6.43. The first-order chi connectivity index (χ1) is 18.4. The summed E-state index contributed by atoms with van der Waals surface area (Å²) in [6.45, 7) is 7.73. The number of carbonyl (C=O) groups is 2. The molecule has 0 aromatic heterocycles. The number of esters is 2. The van der Waals surface area contributed by atoms with E-state index in [-0.39, 0.29) is 50.7 Å². The topological polar surface area (TPSA) is 93.1 Å². The van der Waals surface area contributed by atoms with Gasteiger partial charge >= 0.3 is 11.9 Å². The van der Waals surface area contributed by atoms with Crippen molar-refractivity contribution in [1.29, 1.82) is 0 Å². The molecule has 2 fully saturated rings. The highest BCUT2D eigenvalue weighted by atomic mass is 16.5. The van der Waals surface area contributed by atoms with Gasteiger partial charge in [0.15, 0.2) is 0 Å². The van der Waals surface area contributed by atoms with E-state index in [0.29, 0.717) is 17.9 Å². The summed E-state index contributed by atoms with van der Waals surface area (Å²) in [7, 11) is 0. The van der Waals surface area contributed by atoms with Gasteiger partial charge in [-0.15, -0.1) is 0 Å². The molecule has 0 amide bonds. The van der Waals surface area contributed by atoms with Gasteiger partial charge in [0, 0.05) is 37.0 Å². The molecule has 0 aliphatic heterocycles. The van der Waals surface area contributed by atoms with E-state index in [1.165, 1.54) is 77.0 Å². The van der Waals surface area contributed by atoms with Gasteiger partial charge in [-0.3, -0.25) is 4.79 Å². The van der Waals surface area contributed by atoms with Gasteiger partial charge in [0.25, 0.3) is 0 Å². The van der Waals surface area contributed by atoms with Crippen molar-refractivity contribution in [2.24, 2.45) is 35.5 Å². The van der Waals surface area contributed by atoms with Crippen molar-refractivity contribution < 1.29 is 29.3 Å². The number of aliphatic hydroxyl groups excluding tert-OH is 2. The van der Waals surface area contributed by atoms with Crippen LogP contribution in [0.5, 0.6) is 0 Å². The van der Waals surface area contributed by atoms with Gasteiger partial charge in [-0.2, -0.15) is 0 Å². The van der Waals surface area contributed by atoms with Gasteiger partial charge in [-0.1, -0.05) is 64.9 Å². The number of hydrogen-bond acceptors (Lipinski definition) is 6. The number of aliphatic hydroxyl groups is 2. The van der Waals surface area contributed by atoms with Gasteiger partial charge in [0.05, 0.1) is 13.2 Å². The van der Waals surface area contributed by atoms with E-state index in [9.17, 15) is 19.8 Å². The standard InChI is InChI=1S/C32H56O6/c1-4-5-6-7-25-10-15-29(16-11-25)30-17-12-26(13-18-30)8-9-28(23-38-32(36)24(2)3)22-37-31(35)19-14-27(20-33)21-34/h25-30,33-34H,2,4-23H2,1,3H3. The molecular weight excluding hydrogens is 480 g/mol. The molecule has 0 saturated heterocycles. The van der Waals surface area contributed by atoms with E-state index in [2.05, 4.69) is 13.5 Å². The number of hydrogen-bond donors (Lipinski definition) is 2. The summed E-state index contributed by atoms with van der Waals surface area (Å²) in [5.74, 6) is 2.43. The maximum Gasteiger partial charge on any atom is 0.333 e. The lowest BCUT2D eigenvalue weighted by molar-refractivity contribution is -0.147. The maximum absolute atomic E-state index is 12.2. The Bertz CT molecular complexity index is 671. The summed E-state index contributed by atoms with van der Waals surface area (Å²) in [5, 5.41) is 18.4. The van der Waals surface area contributed by atoms with Crippen LogP contribution in [-0.2, 0) is 19.1 Å². The van der Waals surface area contributed by atoms with E-state index in [1.54, 1.807) is 6.92 Å². The van der Waals surface area contributed by atoms with Crippen molar-refractivity contribution in [1.82, 2.24) is 0 Å². The number of carbonyl (C=O) groups excluding carboxylic acids is 2. The first-order valence-electron chi connectivity index (χ1n) is 15.6. The molecule has 0 radical (unpaired) electrons. The number of ether oxygens (including phenoxy) is 2. The van der Waals surface area contributed by atoms with E-state index in [1.807, 2.05) is 0 Å². The molecule has 6 nitrogen and oxygen atoms in total. The monoisotopic (exact) mass is 536 g/mol. The first kappa shape index (κ1) is 32.8. The second-order valence-corrected chi connectivity index (χ2v) is 12.3. The highest BCUT2D eigenvalue weighted by Crippen LogP contribution is 2.43. The molecule has 2 saturated carbocycles. The Morgan fingerprint density at radius 3 is 1.87 bits per heavy atom. The fourth-order valence-corrected chi connectivity index (χ4v) is 6.43. The molecule has 2 aliphatic carbocycles. The molecule has 2 N–H and O–H groups in total. The second kappa shape index (κ2) is 18.8. The van der Waals surface area contributed by atoms with Gasteiger partial charge in [-0.25, -0.2) is 4.79 Å². The summed E-state index contributed by atoms with van der Waals surface area (Å²) in [6.07, 6.45) is 19.1. The summed E-state index contributed by atoms with van der Waals surface area (Å²) in [4.78, 5) is 24.1. The van der Waals surface area contributed by atoms with Crippen molar-refractivity contribution in [2.75, 3.05) is 26.4 Å². The minimum absolute atomic E-state index is 0.0329.